The molecule has 0 bridgehead atoms. The number of carbonyl (C=O) groups excluding carboxylic acids is 2. The minimum absolute atomic E-state index is 0.0684. The van der Waals surface area contributed by atoms with Crippen molar-refractivity contribution in [2.75, 3.05) is 6.54 Å². The van der Waals surface area contributed by atoms with Crippen LogP contribution in [0.4, 0.5) is 0 Å². The van der Waals surface area contributed by atoms with Crippen LogP contribution in [0.1, 0.15) is 46.5 Å². The van der Waals surface area contributed by atoms with Crippen molar-refractivity contribution in [2.24, 2.45) is 0 Å². The number of imide groups is 1. The Labute approximate surface area is 97.6 Å². The highest BCUT2D eigenvalue weighted by Crippen LogP contribution is 2.18. The molecule has 1 heterocycles. The molecule has 0 N–H and O–H groups in total. The molecule has 4 heteroatoms. The fraction of sp³-hybridized carbons (Fsp3) is 0.818. The number of carbonyl (C=O) groups is 2. The monoisotopic (exact) mass is 231 g/mol. The van der Waals surface area contributed by atoms with Gasteiger partial charge in [-0.1, -0.05) is 33.6 Å². The zero-order valence-electron chi connectivity index (χ0n) is 9.82. The number of rotatable bonds is 4. The fourth-order valence-corrected chi connectivity index (χ4v) is 1.72. The zero-order valence-corrected chi connectivity index (χ0v) is 10.7. The minimum Gasteiger partial charge on any atom is -0.282 e. The maximum absolute atomic E-state index is 11.3. The van der Waals surface area contributed by atoms with E-state index in [2.05, 4.69) is 19.6 Å². The molecule has 1 rings (SSSR count). The van der Waals surface area contributed by atoms with E-state index < -0.39 is 5.25 Å². The highest BCUT2D eigenvalue weighted by molar-refractivity contribution is 7.81. The fourth-order valence-electron chi connectivity index (χ4n) is 1.42. The molecular formula is C11H21NO2S. The van der Waals surface area contributed by atoms with Crippen molar-refractivity contribution in [2.45, 2.75) is 51.7 Å². The largest absolute Gasteiger partial charge is 0.282 e. The van der Waals surface area contributed by atoms with Crippen LogP contribution in [0.5, 0.6) is 0 Å². The van der Waals surface area contributed by atoms with Crippen molar-refractivity contribution >= 4 is 24.4 Å². The summed E-state index contributed by atoms with van der Waals surface area (Å²) in [5.41, 5.74) is 0. The standard InChI is InChI=1S/C9H15NO2S.C2H6/c1-2-3-4-5-10-8(11)6-7(13)9(10)12;1-2/h7,13H,2-6H2,1H3;1-2H3. The van der Waals surface area contributed by atoms with Crippen LogP contribution in [-0.4, -0.2) is 28.5 Å². The summed E-state index contributed by atoms with van der Waals surface area (Å²) in [5.74, 6) is -0.189. The van der Waals surface area contributed by atoms with Gasteiger partial charge in [0.25, 0.3) is 0 Å². The van der Waals surface area contributed by atoms with Gasteiger partial charge in [0.2, 0.25) is 11.8 Å². The molecule has 0 aromatic heterocycles. The van der Waals surface area contributed by atoms with E-state index in [9.17, 15) is 9.59 Å². The predicted molar refractivity (Wildman–Crippen MR) is 65.0 cm³/mol. The average Bonchev–Trinajstić information content (AvgIpc) is 2.48. The van der Waals surface area contributed by atoms with Gasteiger partial charge in [0.15, 0.2) is 0 Å². The SMILES string of the molecule is CC.CCCCCN1C(=O)CC(S)C1=O. The van der Waals surface area contributed by atoms with Crippen LogP contribution in [0.3, 0.4) is 0 Å². The first-order valence-electron chi connectivity index (χ1n) is 5.69. The van der Waals surface area contributed by atoms with Crippen LogP contribution in [-0.2, 0) is 9.59 Å². The van der Waals surface area contributed by atoms with E-state index in [4.69, 9.17) is 0 Å². The number of hydrogen-bond acceptors (Lipinski definition) is 3. The lowest BCUT2D eigenvalue weighted by molar-refractivity contribution is -0.138. The van der Waals surface area contributed by atoms with Crippen LogP contribution < -0.4 is 0 Å². The molecule has 1 aliphatic rings. The first kappa shape index (κ1) is 14.5. The molecule has 1 aliphatic heterocycles. The topological polar surface area (TPSA) is 37.4 Å². The number of hydrogen-bond donors (Lipinski definition) is 1. The number of nitrogens with zero attached hydrogens (tertiary/aromatic N) is 1. The normalized spacial score (nSPS) is 20.3. The van der Waals surface area contributed by atoms with E-state index in [-0.39, 0.29) is 18.2 Å². The Balaban J connectivity index is 0.000000921. The van der Waals surface area contributed by atoms with Crippen LogP contribution >= 0.6 is 12.6 Å². The van der Waals surface area contributed by atoms with Gasteiger partial charge in [-0.3, -0.25) is 14.5 Å². The van der Waals surface area contributed by atoms with Gasteiger partial charge in [0.05, 0.1) is 5.25 Å². The number of likely N-dealkylation sites (tertiary alicyclic amines) is 1. The second-order valence-electron chi connectivity index (χ2n) is 3.31. The van der Waals surface area contributed by atoms with E-state index in [0.717, 1.165) is 19.3 Å². The molecule has 2 amide bonds. The molecule has 0 aliphatic carbocycles. The third kappa shape index (κ3) is 4.24. The summed E-state index contributed by atoms with van der Waals surface area (Å²) < 4.78 is 0. The van der Waals surface area contributed by atoms with Gasteiger partial charge in [-0.15, -0.1) is 0 Å². The molecule has 0 aromatic carbocycles. The molecule has 0 saturated carbocycles. The van der Waals surface area contributed by atoms with Crippen LogP contribution in [0.25, 0.3) is 0 Å². The van der Waals surface area contributed by atoms with E-state index in [0.29, 0.717) is 6.54 Å². The first-order valence-corrected chi connectivity index (χ1v) is 6.20. The Kier molecular flexibility index (Phi) is 7.48. The summed E-state index contributed by atoms with van der Waals surface area (Å²) in [6, 6.07) is 0. The highest BCUT2D eigenvalue weighted by atomic mass is 32.1. The summed E-state index contributed by atoms with van der Waals surface area (Å²) >= 11 is 4.04. The van der Waals surface area contributed by atoms with Gasteiger partial charge in [-0.25, -0.2) is 0 Å². The van der Waals surface area contributed by atoms with Crippen molar-refractivity contribution in [3.8, 4) is 0 Å². The molecule has 0 spiro atoms. The van der Waals surface area contributed by atoms with Gasteiger partial charge >= 0.3 is 0 Å². The van der Waals surface area contributed by atoms with Crippen LogP contribution in [0.15, 0.2) is 0 Å². The van der Waals surface area contributed by atoms with Gasteiger partial charge in [-0.05, 0) is 6.42 Å². The van der Waals surface area contributed by atoms with Crippen molar-refractivity contribution < 1.29 is 9.59 Å². The predicted octanol–water partition coefficient (Wildman–Crippen LogP) is 2.26. The smallest absolute Gasteiger partial charge is 0.242 e. The third-order valence-electron chi connectivity index (χ3n) is 2.21. The highest BCUT2D eigenvalue weighted by Gasteiger charge is 2.35. The lowest BCUT2D eigenvalue weighted by atomic mass is 10.2. The Bertz CT molecular complexity index is 219. The first-order chi connectivity index (χ1) is 7.16. The summed E-state index contributed by atoms with van der Waals surface area (Å²) in [7, 11) is 0. The van der Waals surface area contributed by atoms with Gasteiger partial charge in [0.1, 0.15) is 0 Å². The van der Waals surface area contributed by atoms with E-state index >= 15 is 0 Å². The number of amides is 2. The lowest BCUT2D eigenvalue weighted by Crippen LogP contribution is -2.31. The molecule has 88 valence electrons. The molecule has 0 radical (unpaired) electrons. The van der Waals surface area contributed by atoms with Crippen LogP contribution in [0.2, 0.25) is 0 Å². The molecule has 0 aromatic rings. The van der Waals surface area contributed by atoms with Crippen molar-refractivity contribution in [3.05, 3.63) is 0 Å². The number of thiol groups is 1. The second kappa shape index (κ2) is 7.74. The van der Waals surface area contributed by atoms with Crippen molar-refractivity contribution in [1.29, 1.82) is 0 Å². The minimum atomic E-state index is -0.394. The summed E-state index contributed by atoms with van der Waals surface area (Å²) in [6.07, 6.45) is 3.34. The molecular weight excluding hydrogens is 210 g/mol. The Morgan fingerprint density at radius 1 is 1.33 bits per heavy atom. The maximum atomic E-state index is 11.3. The third-order valence-corrected chi connectivity index (χ3v) is 2.61. The zero-order chi connectivity index (χ0) is 11.8. The summed E-state index contributed by atoms with van der Waals surface area (Å²) in [5, 5.41) is -0.394. The second-order valence-corrected chi connectivity index (χ2v) is 3.93. The molecule has 1 fully saturated rings. The van der Waals surface area contributed by atoms with Crippen molar-refractivity contribution in [1.82, 2.24) is 4.90 Å². The molecule has 1 saturated heterocycles. The number of unbranched alkanes of at least 4 members (excludes halogenated alkanes) is 2. The average molecular weight is 231 g/mol. The molecule has 15 heavy (non-hydrogen) atoms. The van der Waals surface area contributed by atoms with Crippen molar-refractivity contribution in [3.63, 3.8) is 0 Å². The Morgan fingerprint density at radius 3 is 2.33 bits per heavy atom. The molecule has 1 atom stereocenters. The molecule has 1 unspecified atom stereocenters. The van der Waals surface area contributed by atoms with E-state index in [1.165, 1.54) is 4.90 Å². The van der Waals surface area contributed by atoms with Gasteiger partial charge in [-0.2, -0.15) is 12.6 Å². The Hall–Kier alpha value is -0.510. The Morgan fingerprint density at radius 2 is 1.93 bits per heavy atom. The lowest BCUT2D eigenvalue weighted by Gasteiger charge is -2.13. The van der Waals surface area contributed by atoms with Crippen LogP contribution in [0, 0.1) is 0 Å². The van der Waals surface area contributed by atoms with E-state index in [1.807, 2.05) is 13.8 Å². The van der Waals surface area contributed by atoms with Gasteiger partial charge < -0.3 is 0 Å². The maximum Gasteiger partial charge on any atom is 0.242 e. The molecule has 3 nitrogen and oxygen atoms in total. The summed E-state index contributed by atoms with van der Waals surface area (Å²) in [6.45, 7) is 6.66. The van der Waals surface area contributed by atoms with Gasteiger partial charge in [0, 0.05) is 13.0 Å². The quantitative estimate of drug-likeness (QED) is 0.458. The summed E-state index contributed by atoms with van der Waals surface area (Å²) in [4.78, 5) is 23.9. The van der Waals surface area contributed by atoms with E-state index in [1.54, 1.807) is 0 Å².